The first-order valence-corrected chi connectivity index (χ1v) is 12.1. The van der Waals surface area contributed by atoms with Gasteiger partial charge in [0, 0.05) is 36.6 Å². The van der Waals surface area contributed by atoms with Crippen LogP contribution in [0.3, 0.4) is 0 Å². The largest absolute Gasteiger partial charge is 0.462 e. The molecule has 2 amide bonds. The van der Waals surface area contributed by atoms with E-state index in [2.05, 4.69) is 5.32 Å². The van der Waals surface area contributed by atoms with Crippen molar-refractivity contribution in [3.05, 3.63) is 77.9 Å². The molecule has 4 rings (SSSR count). The average Bonchev–Trinajstić information content (AvgIpc) is 3.29. The van der Waals surface area contributed by atoms with Gasteiger partial charge in [-0.3, -0.25) is 14.5 Å². The lowest BCUT2D eigenvalue weighted by Gasteiger charge is -2.34. The summed E-state index contributed by atoms with van der Waals surface area (Å²) in [7, 11) is 0. The highest BCUT2D eigenvalue weighted by atomic mass is 32.1. The van der Waals surface area contributed by atoms with Crippen LogP contribution in [0.25, 0.3) is 10.4 Å². The smallest absolute Gasteiger partial charge is 0.341 e. The van der Waals surface area contributed by atoms with Gasteiger partial charge in [0.05, 0.1) is 18.7 Å². The number of amides is 2. The molecule has 176 valence electrons. The molecule has 1 saturated heterocycles. The number of benzene rings is 2. The highest BCUT2D eigenvalue weighted by Gasteiger charge is 2.25. The van der Waals surface area contributed by atoms with Crippen LogP contribution in [-0.4, -0.2) is 66.9 Å². The minimum Gasteiger partial charge on any atom is -0.462 e. The molecule has 8 heteroatoms. The second-order valence-electron chi connectivity index (χ2n) is 7.92. The Kier molecular flexibility index (Phi) is 7.72. The summed E-state index contributed by atoms with van der Waals surface area (Å²) in [5.41, 5.74) is 2.00. The van der Waals surface area contributed by atoms with Gasteiger partial charge in [-0.05, 0) is 30.7 Å². The predicted octanol–water partition coefficient (Wildman–Crippen LogP) is 3.99. The van der Waals surface area contributed by atoms with Crippen LogP contribution in [0.5, 0.6) is 0 Å². The Labute approximate surface area is 202 Å². The molecule has 2 aromatic carbocycles. The molecule has 0 radical (unpaired) electrons. The van der Waals surface area contributed by atoms with Crippen molar-refractivity contribution < 1.29 is 19.1 Å². The number of carbonyl (C=O) groups excluding carboxylic acids is 3. The molecule has 0 unspecified atom stereocenters. The van der Waals surface area contributed by atoms with Crippen LogP contribution in [0.4, 0.5) is 5.00 Å². The minimum atomic E-state index is -0.454. The van der Waals surface area contributed by atoms with E-state index in [1.165, 1.54) is 11.3 Å². The van der Waals surface area contributed by atoms with Crippen molar-refractivity contribution in [2.24, 2.45) is 0 Å². The number of nitrogens with one attached hydrogen (secondary N) is 1. The van der Waals surface area contributed by atoms with Gasteiger partial charge in [-0.15, -0.1) is 11.3 Å². The number of piperazine rings is 1. The number of thiophene rings is 1. The van der Waals surface area contributed by atoms with Crippen LogP contribution >= 0.6 is 11.3 Å². The second kappa shape index (κ2) is 11.1. The van der Waals surface area contributed by atoms with Gasteiger partial charge in [-0.25, -0.2) is 4.79 Å². The maximum atomic E-state index is 12.8. The average molecular weight is 478 g/mol. The topological polar surface area (TPSA) is 79.0 Å². The molecule has 1 aliphatic heterocycles. The number of nitrogens with zero attached hydrogens (tertiary/aromatic N) is 2. The Morgan fingerprint density at radius 1 is 0.941 bits per heavy atom. The Morgan fingerprint density at radius 3 is 2.24 bits per heavy atom. The van der Waals surface area contributed by atoms with Crippen LogP contribution in [-0.2, 0) is 9.53 Å². The van der Waals surface area contributed by atoms with Gasteiger partial charge in [0.2, 0.25) is 5.91 Å². The van der Waals surface area contributed by atoms with Gasteiger partial charge in [0.1, 0.15) is 5.00 Å². The summed E-state index contributed by atoms with van der Waals surface area (Å²) in [6.45, 7) is 4.54. The van der Waals surface area contributed by atoms with Crippen molar-refractivity contribution in [2.75, 3.05) is 44.6 Å². The molecule has 34 heavy (non-hydrogen) atoms. The number of ether oxygens (including phenoxy) is 1. The molecular weight excluding hydrogens is 450 g/mol. The Balaban J connectivity index is 1.38. The zero-order chi connectivity index (χ0) is 23.9. The standard InChI is InChI=1S/C26H27N3O4S/c1-2-33-26(32)21-17-22(19-9-5-3-6-10-19)34-24(21)27-23(30)18-28-13-15-29(16-14-28)25(31)20-11-7-4-8-12-20/h3-12,17H,2,13-16,18H2,1H3,(H,27,30). The van der Waals surface area contributed by atoms with Crippen molar-refractivity contribution >= 4 is 34.1 Å². The van der Waals surface area contributed by atoms with Crippen molar-refractivity contribution in [1.29, 1.82) is 0 Å². The number of rotatable bonds is 7. The third-order valence-electron chi connectivity index (χ3n) is 5.59. The van der Waals surface area contributed by atoms with E-state index >= 15 is 0 Å². The van der Waals surface area contributed by atoms with Gasteiger partial charge < -0.3 is 15.0 Å². The molecule has 1 fully saturated rings. The summed E-state index contributed by atoms with van der Waals surface area (Å²) >= 11 is 1.35. The fourth-order valence-electron chi connectivity index (χ4n) is 3.83. The van der Waals surface area contributed by atoms with Crippen molar-refractivity contribution in [3.63, 3.8) is 0 Å². The van der Waals surface area contributed by atoms with E-state index in [9.17, 15) is 14.4 Å². The maximum Gasteiger partial charge on any atom is 0.341 e. The van der Waals surface area contributed by atoms with E-state index in [0.29, 0.717) is 42.3 Å². The van der Waals surface area contributed by atoms with Gasteiger partial charge >= 0.3 is 5.97 Å². The van der Waals surface area contributed by atoms with Crippen LogP contribution in [0.15, 0.2) is 66.7 Å². The normalized spacial score (nSPS) is 14.0. The predicted molar refractivity (Wildman–Crippen MR) is 133 cm³/mol. The van der Waals surface area contributed by atoms with Crippen molar-refractivity contribution in [2.45, 2.75) is 6.92 Å². The molecule has 3 aromatic rings. The lowest BCUT2D eigenvalue weighted by atomic mass is 10.1. The second-order valence-corrected chi connectivity index (χ2v) is 8.97. The molecule has 0 saturated carbocycles. The molecule has 7 nitrogen and oxygen atoms in total. The molecule has 1 aliphatic rings. The maximum absolute atomic E-state index is 12.8. The summed E-state index contributed by atoms with van der Waals surface area (Å²) in [5, 5.41) is 3.39. The summed E-state index contributed by atoms with van der Waals surface area (Å²) in [5.74, 6) is -0.644. The number of carbonyl (C=O) groups is 3. The molecule has 0 spiro atoms. The first kappa shape index (κ1) is 23.7. The van der Waals surface area contributed by atoms with E-state index in [4.69, 9.17) is 4.74 Å². The van der Waals surface area contributed by atoms with E-state index in [1.807, 2.05) is 70.5 Å². The quantitative estimate of drug-likeness (QED) is 0.521. The lowest BCUT2D eigenvalue weighted by molar-refractivity contribution is -0.117. The van der Waals surface area contributed by atoms with Crippen LogP contribution in [0.2, 0.25) is 0 Å². The van der Waals surface area contributed by atoms with Gasteiger partial charge in [-0.2, -0.15) is 0 Å². The summed E-state index contributed by atoms with van der Waals surface area (Å²) in [6.07, 6.45) is 0. The fraction of sp³-hybridized carbons (Fsp3) is 0.269. The molecule has 2 heterocycles. The third-order valence-corrected chi connectivity index (χ3v) is 6.69. The van der Waals surface area contributed by atoms with E-state index in [1.54, 1.807) is 13.0 Å². The van der Waals surface area contributed by atoms with Crippen LogP contribution in [0, 0.1) is 0 Å². The Bertz CT molecular complexity index is 1140. The molecule has 0 atom stereocenters. The fourth-order valence-corrected chi connectivity index (χ4v) is 4.90. The molecule has 0 bridgehead atoms. The minimum absolute atomic E-state index is 0.0100. The highest BCUT2D eigenvalue weighted by molar-refractivity contribution is 7.20. The SMILES string of the molecule is CCOC(=O)c1cc(-c2ccccc2)sc1NC(=O)CN1CCN(C(=O)c2ccccc2)CC1. The highest BCUT2D eigenvalue weighted by Crippen LogP contribution is 2.36. The summed E-state index contributed by atoms with van der Waals surface area (Å²) in [4.78, 5) is 42.6. The summed E-state index contributed by atoms with van der Waals surface area (Å²) < 4.78 is 5.19. The van der Waals surface area contributed by atoms with Crippen LogP contribution < -0.4 is 5.32 Å². The lowest BCUT2D eigenvalue weighted by Crippen LogP contribution is -2.50. The first-order chi connectivity index (χ1) is 16.5. The van der Waals surface area contributed by atoms with E-state index in [0.717, 1.165) is 10.4 Å². The molecule has 0 aliphatic carbocycles. The third kappa shape index (κ3) is 5.70. The number of anilines is 1. The van der Waals surface area contributed by atoms with Crippen LogP contribution in [0.1, 0.15) is 27.6 Å². The van der Waals surface area contributed by atoms with Gasteiger partial charge in [-0.1, -0.05) is 48.5 Å². The van der Waals surface area contributed by atoms with Gasteiger partial charge in [0.25, 0.3) is 5.91 Å². The molecule has 1 N–H and O–H groups in total. The number of esters is 1. The van der Waals surface area contributed by atoms with Crippen molar-refractivity contribution in [3.8, 4) is 10.4 Å². The molecule has 1 aromatic heterocycles. The molecular formula is C26H27N3O4S. The van der Waals surface area contributed by atoms with Crippen molar-refractivity contribution in [1.82, 2.24) is 9.80 Å². The Hall–Kier alpha value is -3.49. The van der Waals surface area contributed by atoms with E-state index < -0.39 is 5.97 Å². The number of hydrogen-bond donors (Lipinski definition) is 1. The first-order valence-electron chi connectivity index (χ1n) is 11.3. The number of hydrogen-bond acceptors (Lipinski definition) is 6. The monoisotopic (exact) mass is 477 g/mol. The zero-order valence-electron chi connectivity index (χ0n) is 19.0. The zero-order valence-corrected chi connectivity index (χ0v) is 19.8. The Morgan fingerprint density at radius 2 is 1.59 bits per heavy atom. The summed E-state index contributed by atoms with van der Waals surface area (Å²) in [6, 6.07) is 20.7. The van der Waals surface area contributed by atoms with Gasteiger partial charge in [0.15, 0.2) is 0 Å². The van der Waals surface area contributed by atoms with E-state index in [-0.39, 0.29) is 25.0 Å².